The van der Waals surface area contributed by atoms with Crippen molar-refractivity contribution in [3.63, 3.8) is 0 Å². The quantitative estimate of drug-likeness (QED) is 0.584. The molecule has 3 heteroatoms. The van der Waals surface area contributed by atoms with Crippen LogP contribution in [-0.2, 0) is 15.1 Å². The summed E-state index contributed by atoms with van der Waals surface area (Å²) in [5.41, 5.74) is 0.363. The number of rotatable bonds is 6. The Morgan fingerprint density at radius 1 is 1.13 bits per heavy atom. The molecule has 0 amide bonds. The van der Waals surface area contributed by atoms with E-state index in [1.54, 1.807) is 6.08 Å². The van der Waals surface area contributed by atoms with Crippen molar-refractivity contribution in [1.82, 2.24) is 0 Å². The van der Waals surface area contributed by atoms with Gasteiger partial charge in [-0.05, 0) is 11.6 Å². The third kappa shape index (κ3) is 4.31. The lowest BCUT2D eigenvalue weighted by Gasteiger charge is -2.26. The van der Waals surface area contributed by atoms with Gasteiger partial charge in [0.05, 0.1) is 0 Å². The van der Waals surface area contributed by atoms with Gasteiger partial charge in [-0.2, -0.15) is 5.26 Å². The SMILES string of the molecule is CCCC(C#N)(OC(=O)C=Cc1ccccc1)c1ccccc1. The second-order valence-corrected chi connectivity index (χ2v) is 5.22. The maximum absolute atomic E-state index is 12.2. The van der Waals surface area contributed by atoms with Gasteiger partial charge in [-0.3, -0.25) is 0 Å². The summed E-state index contributed by atoms with van der Waals surface area (Å²) >= 11 is 0. The largest absolute Gasteiger partial charge is 0.436 e. The molecule has 0 saturated heterocycles. The number of hydrogen-bond acceptors (Lipinski definition) is 3. The van der Waals surface area contributed by atoms with Crippen LogP contribution in [-0.4, -0.2) is 5.97 Å². The van der Waals surface area contributed by atoms with E-state index in [9.17, 15) is 10.1 Å². The topological polar surface area (TPSA) is 50.1 Å². The second-order valence-electron chi connectivity index (χ2n) is 5.22. The Kier molecular flexibility index (Phi) is 5.71. The van der Waals surface area contributed by atoms with Crippen LogP contribution in [0.5, 0.6) is 0 Å². The van der Waals surface area contributed by atoms with Gasteiger partial charge in [-0.25, -0.2) is 4.79 Å². The molecule has 2 rings (SSSR count). The first-order valence-electron chi connectivity index (χ1n) is 7.63. The lowest BCUT2D eigenvalue weighted by molar-refractivity contribution is -0.149. The van der Waals surface area contributed by atoms with Crippen molar-refractivity contribution in [2.75, 3.05) is 0 Å². The summed E-state index contributed by atoms with van der Waals surface area (Å²) in [6.07, 6.45) is 4.23. The third-order valence-corrected chi connectivity index (χ3v) is 3.51. The monoisotopic (exact) mass is 305 g/mol. The van der Waals surface area contributed by atoms with Gasteiger partial charge in [0.15, 0.2) is 0 Å². The molecule has 3 nitrogen and oxygen atoms in total. The number of carbonyl (C=O) groups excluding carboxylic acids is 1. The molecule has 0 aliphatic carbocycles. The summed E-state index contributed by atoms with van der Waals surface area (Å²) in [7, 11) is 0. The van der Waals surface area contributed by atoms with Gasteiger partial charge >= 0.3 is 5.97 Å². The first kappa shape index (κ1) is 16.5. The highest BCUT2D eigenvalue weighted by Crippen LogP contribution is 2.30. The Hall–Kier alpha value is -2.86. The van der Waals surface area contributed by atoms with Gasteiger partial charge in [0.25, 0.3) is 0 Å². The Morgan fingerprint density at radius 2 is 1.74 bits per heavy atom. The molecule has 0 N–H and O–H groups in total. The summed E-state index contributed by atoms with van der Waals surface area (Å²) in [4.78, 5) is 12.2. The normalized spacial score (nSPS) is 13.2. The molecule has 116 valence electrons. The fourth-order valence-corrected chi connectivity index (χ4v) is 2.39. The number of nitriles is 1. The van der Waals surface area contributed by atoms with E-state index < -0.39 is 11.6 Å². The van der Waals surface area contributed by atoms with E-state index in [4.69, 9.17) is 4.74 Å². The molecule has 0 aliphatic rings. The summed E-state index contributed by atoms with van der Waals surface area (Å²) < 4.78 is 5.55. The molecular weight excluding hydrogens is 286 g/mol. The average Bonchev–Trinajstić information content (AvgIpc) is 2.61. The minimum atomic E-state index is -1.24. The lowest BCUT2D eigenvalue weighted by Crippen LogP contribution is -2.30. The Morgan fingerprint density at radius 3 is 2.30 bits per heavy atom. The molecule has 0 heterocycles. The molecule has 2 aromatic carbocycles. The van der Waals surface area contributed by atoms with Gasteiger partial charge < -0.3 is 4.74 Å². The Labute approximate surface area is 136 Å². The van der Waals surface area contributed by atoms with Crippen molar-refractivity contribution in [3.8, 4) is 6.07 Å². The minimum Gasteiger partial charge on any atom is -0.436 e. The van der Waals surface area contributed by atoms with Crippen LogP contribution in [0.25, 0.3) is 6.08 Å². The molecule has 2 aromatic rings. The number of ether oxygens (including phenoxy) is 1. The van der Waals surface area contributed by atoms with Crippen LogP contribution in [0, 0.1) is 11.3 Å². The fourth-order valence-electron chi connectivity index (χ4n) is 2.39. The van der Waals surface area contributed by atoms with E-state index >= 15 is 0 Å². The van der Waals surface area contributed by atoms with Gasteiger partial charge in [-0.1, -0.05) is 74.0 Å². The van der Waals surface area contributed by atoms with Gasteiger partial charge in [0, 0.05) is 18.1 Å². The lowest BCUT2D eigenvalue weighted by atomic mass is 9.90. The molecule has 0 bridgehead atoms. The highest BCUT2D eigenvalue weighted by Gasteiger charge is 2.35. The van der Waals surface area contributed by atoms with E-state index in [1.807, 2.05) is 67.6 Å². The zero-order chi connectivity index (χ0) is 16.5. The average molecular weight is 305 g/mol. The van der Waals surface area contributed by atoms with Crippen molar-refractivity contribution in [3.05, 3.63) is 77.9 Å². The van der Waals surface area contributed by atoms with Crippen LogP contribution in [0.3, 0.4) is 0 Å². The molecule has 1 atom stereocenters. The van der Waals surface area contributed by atoms with Crippen molar-refractivity contribution < 1.29 is 9.53 Å². The highest BCUT2D eigenvalue weighted by molar-refractivity contribution is 5.87. The number of hydrogen-bond donors (Lipinski definition) is 0. The number of nitrogens with zero attached hydrogens (tertiary/aromatic N) is 1. The molecule has 1 unspecified atom stereocenters. The highest BCUT2D eigenvalue weighted by atomic mass is 16.6. The smallest absolute Gasteiger partial charge is 0.332 e. The van der Waals surface area contributed by atoms with Crippen LogP contribution < -0.4 is 0 Å². The van der Waals surface area contributed by atoms with Crippen LogP contribution >= 0.6 is 0 Å². The first-order valence-corrected chi connectivity index (χ1v) is 7.63. The summed E-state index contributed by atoms with van der Waals surface area (Å²) in [6.45, 7) is 1.96. The molecular formula is C20H19NO2. The number of benzene rings is 2. The molecule has 0 spiro atoms. The summed E-state index contributed by atoms with van der Waals surface area (Å²) in [6, 6.07) is 20.8. The van der Waals surface area contributed by atoms with E-state index in [0.717, 1.165) is 12.0 Å². The van der Waals surface area contributed by atoms with E-state index in [-0.39, 0.29) is 0 Å². The molecule has 0 saturated carbocycles. The van der Waals surface area contributed by atoms with E-state index in [2.05, 4.69) is 6.07 Å². The summed E-state index contributed by atoms with van der Waals surface area (Å²) in [5, 5.41) is 9.64. The molecule has 0 fully saturated rings. The van der Waals surface area contributed by atoms with Gasteiger partial charge in [0.1, 0.15) is 6.07 Å². The maximum Gasteiger partial charge on any atom is 0.332 e. The standard InChI is InChI=1S/C20H19NO2/c1-2-15-20(16-21,18-11-7-4-8-12-18)23-19(22)14-13-17-9-5-3-6-10-17/h3-14H,2,15H2,1H3. The molecule has 0 radical (unpaired) electrons. The third-order valence-electron chi connectivity index (χ3n) is 3.51. The van der Waals surface area contributed by atoms with E-state index in [0.29, 0.717) is 12.0 Å². The molecule has 0 aromatic heterocycles. The Bertz CT molecular complexity index is 701. The zero-order valence-corrected chi connectivity index (χ0v) is 13.1. The zero-order valence-electron chi connectivity index (χ0n) is 13.1. The number of carbonyl (C=O) groups is 1. The predicted octanol–water partition coefficient (Wildman–Crippen LogP) is 4.46. The Balaban J connectivity index is 2.20. The number of esters is 1. The van der Waals surface area contributed by atoms with Gasteiger partial charge in [-0.15, -0.1) is 0 Å². The van der Waals surface area contributed by atoms with Crippen molar-refractivity contribution in [2.24, 2.45) is 0 Å². The first-order chi connectivity index (χ1) is 11.2. The predicted molar refractivity (Wildman–Crippen MR) is 90.2 cm³/mol. The molecule has 0 aliphatic heterocycles. The van der Waals surface area contributed by atoms with E-state index in [1.165, 1.54) is 6.08 Å². The van der Waals surface area contributed by atoms with Crippen molar-refractivity contribution in [1.29, 1.82) is 5.26 Å². The second kappa shape index (κ2) is 7.95. The summed E-state index contributed by atoms with van der Waals surface area (Å²) in [5.74, 6) is -0.521. The van der Waals surface area contributed by atoms with Crippen LogP contribution in [0.15, 0.2) is 66.7 Å². The van der Waals surface area contributed by atoms with Crippen molar-refractivity contribution >= 4 is 12.0 Å². The van der Waals surface area contributed by atoms with Crippen LogP contribution in [0.4, 0.5) is 0 Å². The van der Waals surface area contributed by atoms with Crippen molar-refractivity contribution in [2.45, 2.75) is 25.4 Å². The van der Waals surface area contributed by atoms with Gasteiger partial charge in [0.2, 0.25) is 5.60 Å². The van der Waals surface area contributed by atoms with Crippen LogP contribution in [0.2, 0.25) is 0 Å². The van der Waals surface area contributed by atoms with Crippen LogP contribution in [0.1, 0.15) is 30.9 Å². The fraction of sp³-hybridized carbons (Fsp3) is 0.200. The molecule has 23 heavy (non-hydrogen) atoms. The minimum absolute atomic E-state index is 0.457. The maximum atomic E-state index is 12.2.